The molecule has 0 aromatic heterocycles. The summed E-state index contributed by atoms with van der Waals surface area (Å²) < 4.78 is 0. The monoisotopic (exact) mass is 458 g/mol. The number of carbonyl (C=O) groups is 3. The summed E-state index contributed by atoms with van der Waals surface area (Å²) in [5, 5.41) is 6.56. The van der Waals surface area contributed by atoms with E-state index in [1.807, 2.05) is 57.3 Å². The number of amides is 2. The number of benzene rings is 2. The molecule has 1 aliphatic heterocycles. The summed E-state index contributed by atoms with van der Waals surface area (Å²) in [4.78, 5) is 36.5. The number of carbonyl (C=O) groups excluding carboxylic acids is 3. The molecule has 0 bridgehead atoms. The number of aryl methyl sites for hydroxylation is 1. The minimum atomic E-state index is -0.499. The Hall–Kier alpha value is -3.06. The van der Waals surface area contributed by atoms with E-state index in [0.717, 1.165) is 39.8 Å². The number of nitrogens with zero attached hydrogens (tertiary/aromatic N) is 2. The number of hydrogen-bond donors (Lipinski definition) is 2. The second kappa shape index (κ2) is 11.5. The van der Waals surface area contributed by atoms with Gasteiger partial charge in [0.2, 0.25) is 12.2 Å². The molecule has 0 spiro atoms. The average Bonchev–Trinajstić information content (AvgIpc) is 3.17. The summed E-state index contributed by atoms with van der Waals surface area (Å²) in [6.45, 7) is 7.42. The van der Waals surface area contributed by atoms with E-state index in [4.69, 9.17) is 11.6 Å². The van der Waals surface area contributed by atoms with Gasteiger partial charge in [0.05, 0.1) is 6.42 Å². The fourth-order valence-electron chi connectivity index (χ4n) is 3.37. The number of rotatable bonds is 7. The van der Waals surface area contributed by atoms with Gasteiger partial charge in [-0.2, -0.15) is 0 Å². The lowest BCUT2D eigenvalue weighted by Crippen LogP contribution is -2.43. The van der Waals surface area contributed by atoms with Crippen molar-refractivity contribution in [3.63, 3.8) is 0 Å². The highest BCUT2D eigenvalue weighted by molar-refractivity contribution is 6.31. The summed E-state index contributed by atoms with van der Waals surface area (Å²) in [6.07, 6.45) is 0.851. The summed E-state index contributed by atoms with van der Waals surface area (Å²) in [7, 11) is 3.51. The molecule has 0 aliphatic carbocycles. The van der Waals surface area contributed by atoms with Gasteiger partial charge in [-0.05, 0) is 68.3 Å². The van der Waals surface area contributed by atoms with Crippen molar-refractivity contribution in [3.8, 4) is 0 Å². The Bertz CT molecular complexity index is 980. The maximum Gasteiger partial charge on any atom is 0.286 e. The fraction of sp³-hybridized carbons (Fsp3) is 0.375. The molecule has 0 radical (unpaired) electrons. The molecule has 7 nitrogen and oxygen atoms in total. The molecular weight excluding hydrogens is 428 g/mol. The maximum atomic E-state index is 11.4. The predicted molar refractivity (Wildman–Crippen MR) is 131 cm³/mol. The molecule has 1 aliphatic rings. The van der Waals surface area contributed by atoms with Crippen molar-refractivity contribution in [3.05, 3.63) is 52.5 Å². The predicted octanol–water partition coefficient (Wildman–Crippen LogP) is 3.74. The SMILES string of the molecule is CCN(CC(C)N(C)C(=O)C=O)c1ccc(Cl)c(C)c1.CNc1ccc2c(c1)CC(=O)N2. The van der Waals surface area contributed by atoms with E-state index in [-0.39, 0.29) is 11.9 Å². The number of anilines is 3. The van der Waals surface area contributed by atoms with Crippen LogP contribution in [0.5, 0.6) is 0 Å². The van der Waals surface area contributed by atoms with Crippen molar-refractivity contribution in [1.29, 1.82) is 0 Å². The maximum absolute atomic E-state index is 11.4. The summed E-state index contributed by atoms with van der Waals surface area (Å²) in [6, 6.07) is 11.7. The smallest absolute Gasteiger partial charge is 0.286 e. The summed E-state index contributed by atoms with van der Waals surface area (Å²) >= 11 is 6.03. The summed E-state index contributed by atoms with van der Waals surface area (Å²) in [5.41, 5.74) is 5.15. The number of nitrogens with one attached hydrogen (secondary N) is 2. The molecule has 2 amide bonds. The molecule has 32 heavy (non-hydrogen) atoms. The lowest BCUT2D eigenvalue weighted by Gasteiger charge is -2.31. The van der Waals surface area contributed by atoms with Gasteiger partial charge in [0.15, 0.2) is 0 Å². The van der Waals surface area contributed by atoms with Crippen LogP contribution in [0.2, 0.25) is 5.02 Å². The molecular formula is C24H31ClN4O3. The van der Waals surface area contributed by atoms with E-state index < -0.39 is 5.91 Å². The number of hydrogen-bond acceptors (Lipinski definition) is 5. The van der Waals surface area contributed by atoms with Crippen LogP contribution in [0.15, 0.2) is 36.4 Å². The number of aldehydes is 1. The molecule has 1 atom stereocenters. The van der Waals surface area contributed by atoms with Gasteiger partial charge >= 0.3 is 0 Å². The Morgan fingerprint density at radius 2 is 2.00 bits per heavy atom. The largest absolute Gasteiger partial charge is 0.388 e. The Labute approximate surface area is 194 Å². The van der Waals surface area contributed by atoms with Crippen molar-refractivity contribution in [1.82, 2.24) is 4.90 Å². The first-order chi connectivity index (χ1) is 15.2. The van der Waals surface area contributed by atoms with Crippen molar-refractivity contribution in [2.24, 2.45) is 0 Å². The van der Waals surface area contributed by atoms with Crippen LogP contribution in [0.1, 0.15) is 25.0 Å². The third-order valence-electron chi connectivity index (χ3n) is 5.50. The molecule has 0 saturated heterocycles. The van der Waals surface area contributed by atoms with E-state index >= 15 is 0 Å². The Morgan fingerprint density at radius 1 is 1.28 bits per heavy atom. The summed E-state index contributed by atoms with van der Waals surface area (Å²) in [5.74, 6) is -0.418. The lowest BCUT2D eigenvalue weighted by molar-refractivity contribution is -0.139. The standard InChI is InChI=1S/C15H21ClN2O2.C9H10N2O/c1-5-18(9-12(3)17(4)15(20)10-19)13-6-7-14(16)11(2)8-13;1-10-7-2-3-8-6(4-7)5-9(12)11-8/h6-8,10,12H,5,9H2,1-4H3;2-4,10H,5H2,1H3,(H,11,12). The van der Waals surface area contributed by atoms with Crippen LogP contribution in [0, 0.1) is 6.92 Å². The quantitative estimate of drug-likeness (QED) is 0.488. The van der Waals surface area contributed by atoms with Crippen LogP contribution in [-0.2, 0) is 20.8 Å². The first-order valence-corrected chi connectivity index (χ1v) is 10.9. The van der Waals surface area contributed by atoms with Gasteiger partial charge in [0.1, 0.15) is 0 Å². The van der Waals surface area contributed by atoms with E-state index in [2.05, 4.69) is 22.5 Å². The number of fused-ring (bicyclic) bond motifs is 1. The highest BCUT2D eigenvalue weighted by Crippen LogP contribution is 2.25. The van der Waals surface area contributed by atoms with Gasteiger partial charge in [0.25, 0.3) is 5.91 Å². The van der Waals surface area contributed by atoms with Gasteiger partial charge in [0, 0.05) is 55.3 Å². The van der Waals surface area contributed by atoms with Crippen molar-refractivity contribution >= 4 is 46.8 Å². The molecule has 1 heterocycles. The van der Waals surface area contributed by atoms with E-state index in [9.17, 15) is 14.4 Å². The van der Waals surface area contributed by atoms with Gasteiger partial charge in [-0.15, -0.1) is 0 Å². The van der Waals surface area contributed by atoms with Crippen LogP contribution in [-0.4, -0.2) is 56.2 Å². The Morgan fingerprint density at radius 3 is 2.59 bits per heavy atom. The average molecular weight is 459 g/mol. The van der Waals surface area contributed by atoms with Gasteiger partial charge in [-0.3, -0.25) is 14.4 Å². The highest BCUT2D eigenvalue weighted by Gasteiger charge is 2.18. The van der Waals surface area contributed by atoms with Gasteiger partial charge in [-0.1, -0.05) is 11.6 Å². The third-order valence-corrected chi connectivity index (χ3v) is 5.93. The Balaban J connectivity index is 0.000000255. The topological polar surface area (TPSA) is 81.8 Å². The fourth-order valence-corrected chi connectivity index (χ4v) is 3.49. The molecule has 8 heteroatoms. The molecule has 2 N–H and O–H groups in total. The molecule has 3 rings (SSSR count). The Kier molecular flexibility index (Phi) is 9.08. The van der Waals surface area contributed by atoms with Crippen LogP contribution >= 0.6 is 11.6 Å². The van der Waals surface area contributed by atoms with Crippen LogP contribution in [0.25, 0.3) is 0 Å². The molecule has 0 saturated carbocycles. The zero-order valence-corrected chi connectivity index (χ0v) is 20.0. The first kappa shape index (κ1) is 25.2. The van der Waals surface area contributed by atoms with Crippen LogP contribution in [0.3, 0.4) is 0 Å². The van der Waals surface area contributed by atoms with Gasteiger partial charge < -0.3 is 20.4 Å². The normalized spacial score (nSPS) is 12.6. The minimum absolute atomic E-state index is 0.0522. The van der Waals surface area contributed by atoms with Gasteiger partial charge in [-0.25, -0.2) is 0 Å². The van der Waals surface area contributed by atoms with E-state index in [1.165, 1.54) is 4.90 Å². The van der Waals surface area contributed by atoms with E-state index in [0.29, 0.717) is 19.3 Å². The lowest BCUT2D eigenvalue weighted by atomic mass is 10.1. The van der Waals surface area contributed by atoms with Crippen molar-refractivity contribution in [2.75, 3.05) is 42.7 Å². The minimum Gasteiger partial charge on any atom is -0.388 e. The van der Waals surface area contributed by atoms with Crippen LogP contribution < -0.4 is 15.5 Å². The van der Waals surface area contributed by atoms with E-state index in [1.54, 1.807) is 7.05 Å². The second-order valence-corrected chi connectivity index (χ2v) is 8.14. The second-order valence-electron chi connectivity index (χ2n) is 7.74. The third kappa shape index (κ3) is 6.47. The highest BCUT2D eigenvalue weighted by atomic mass is 35.5. The zero-order chi connectivity index (χ0) is 23.8. The molecule has 0 fully saturated rings. The zero-order valence-electron chi connectivity index (χ0n) is 19.2. The number of likely N-dealkylation sites (N-methyl/N-ethyl adjacent to an activating group) is 2. The first-order valence-electron chi connectivity index (χ1n) is 10.5. The molecule has 1 unspecified atom stereocenters. The molecule has 2 aromatic rings. The van der Waals surface area contributed by atoms with Crippen LogP contribution in [0.4, 0.5) is 17.1 Å². The number of halogens is 1. The van der Waals surface area contributed by atoms with Crippen molar-refractivity contribution < 1.29 is 14.4 Å². The van der Waals surface area contributed by atoms with Crippen molar-refractivity contribution in [2.45, 2.75) is 33.2 Å². The molecule has 2 aromatic carbocycles. The molecule has 172 valence electrons.